The molecule has 0 saturated carbocycles. The molecule has 1 aliphatic rings. The first-order valence-corrected chi connectivity index (χ1v) is 20.1. The van der Waals surface area contributed by atoms with Gasteiger partial charge in [-0.2, -0.15) is 0 Å². The number of hydrogen-bond donors (Lipinski definition) is 1. The van der Waals surface area contributed by atoms with Crippen molar-refractivity contribution in [3.8, 4) is 16.9 Å². The molecule has 1 saturated heterocycles. The first-order chi connectivity index (χ1) is 29.1. The highest BCUT2D eigenvalue weighted by Crippen LogP contribution is 2.37. The van der Waals surface area contributed by atoms with Crippen LogP contribution in [-0.2, 0) is 50.1 Å². The maximum Gasteiger partial charge on any atom is 0.117 e. The van der Waals surface area contributed by atoms with E-state index in [0.29, 0.717) is 25.4 Å². The van der Waals surface area contributed by atoms with Crippen molar-refractivity contribution < 1.29 is 28.8 Å². The van der Waals surface area contributed by atoms with Gasteiger partial charge in [-0.05, 0) is 52.4 Å². The van der Waals surface area contributed by atoms with Crippen LogP contribution in [0.4, 0.5) is 0 Å². The summed E-state index contributed by atoms with van der Waals surface area (Å²) in [7, 11) is 0. The van der Waals surface area contributed by atoms with Crippen LogP contribution in [0.1, 0.15) is 39.5 Å². The van der Waals surface area contributed by atoms with Gasteiger partial charge >= 0.3 is 0 Å². The lowest BCUT2D eigenvalue weighted by Crippen LogP contribution is -2.62. The summed E-state index contributed by atoms with van der Waals surface area (Å²) in [6.07, 6.45) is -2.70. The molecule has 300 valence electrons. The molecule has 1 N–H and O–H groups in total. The van der Waals surface area contributed by atoms with E-state index >= 15 is 0 Å². The van der Waals surface area contributed by atoms with Crippen LogP contribution < -0.4 is 0 Å². The lowest BCUT2D eigenvalue weighted by atomic mass is 9.87. The molecule has 0 aliphatic carbocycles. The average Bonchev–Trinajstić information content (AvgIpc) is 3.79. The molecule has 1 aromatic heterocycles. The fraction of sp³-hybridized carbons (Fsp3) is 0.240. The molecule has 0 amide bonds. The van der Waals surface area contributed by atoms with Gasteiger partial charge in [-0.15, -0.1) is 5.10 Å². The first-order valence-electron chi connectivity index (χ1n) is 20.1. The molecule has 59 heavy (non-hydrogen) atoms. The van der Waals surface area contributed by atoms with E-state index in [9.17, 15) is 5.11 Å². The maximum atomic E-state index is 12.5. The Morgan fingerprint density at radius 3 is 1.63 bits per heavy atom. The second-order valence-electron chi connectivity index (χ2n) is 14.8. The predicted molar refractivity (Wildman–Crippen MR) is 226 cm³/mol. The number of rotatable bonds is 17. The highest BCUT2D eigenvalue weighted by molar-refractivity contribution is 5.58. The molecule has 0 bridgehead atoms. The molecule has 7 aromatic rings. The molecule has 1 fully saturated rings. The van der Waals surface area contributed by atoms with Gasteiger partial charge in [0.2, 0.25) is 0 Å². The van der Waals surface area contributed by atoms with Gasteiger partial charge in [-0.1, -0.05) is 163 Å². The van der Waals surface area contributed by atoms with Crippen molar-refractivity contribution in [3.05, 3.63) is 209 Å². The Morgan fingerprint density at radius 1 is 0.593 bits per heavy atom. The number of aryl methyl sites for hydroxylation is 1. The number of ether oxygens (including phenoxy) is 5. The lowest BCUT2D eigenvalue weighted by molar-refractivity contribution is -0.287. The van der Waals surface area contributed by atoms with E-state index in [4.69, 9.17) is 23.7 Å². The second kappa shape index (κ2) is 19.8. The summed E-state index contributed by atoms with van der Waals surface area (Å²) in [6.45, 7) is 3.47. The van der Waals surface area contributed by atoms with Crippen LogP contribution in [0.2, 0.25) is 0 Å². The SMILES string of the molecule is Cc1cc(-n2cc(-c3ccccc3)nn2)ccc1[C@@H](O)[C@H]1OC(COCc2ccccc2)[C@@H](OCc2ccccc2)C(OCc2ccccc2)C1OCc1ccccc1. The molecule has 0 radical (unpaired) electrons. The largest absolute Gasteiger partial charge is 0.386 e. The summed E-state index contributed by atoms with van der Waals surface area (Å²) in [5.41, 5.74) is 8.18. The number of nitrogens with zero attached hydrogens (tertiary/aromatic N) is 3. The van der Waals surface area contributed by atoms with Crippen molar-refractivity contribution in [3.63, 3.8) is 0 Å². The molecule has 1 aliphatic heterocycles. The van der Waals surface area contributed by atoms with Crippen LogP contribution in [0, 0.1) is 6.92 Å². The minimum absolute atomic E-state index is 0.197. The standard InChI is InChI=1S/C50H49N3O6/c1-36-29-42(53-30-44(51-52-53)41-25-15-6-16-26-41)27-28-43(36)46(54)48-50(58-34-40-23-13-5-14-24-40)49(57-33-39-21-11-4-12-22-39)47(56-32-38-19-9-3-10-20-38)45(59-48)35-55-31-37-17-7-2-8-18-37/h2-30,45-50,54H,31-35H2,1H3/t45?,46-,47-,48-,49?,50?/m1/s1. The number of benzene rings is 6. The molecular formula is C50H49N3O6. The fourth-order valence-electron chi connectivity index (χ4n) is 7.52. The number of aliphatic hydroxyl groups is 1. The van der Waals surface area contributed by atoms with E-state index in [1.54, 1.807) is 4.68 Å². The summed E-state index contributed by atoms with van der Waals surface area (Å²) in [5.74, 6) is 0. The minimum atomic E-state index is -1.10. The van der Waals surface area contributed by atoms with Gasteiger partial charge in [0.25, 0.3) is 0 Å². The van der Waals surface area contributed by atoms with E-state index in [2.05, 4.69) is 10.3 Å². The van der Waals surface area contributed by atoms with Crippen LogP contribution in [0.5, 0.6) is 0 Å². The normalized spacial score (nSPS) is 19.7. The zero-order valence-corrected chi connectivity index (χ0v) is 33.1. The van der Waals surface area contributed by atoms with E-state index < -0.39 is 36.6 Å². The third-order valence-corrected chi connectivity index (χ3v) is 10.6. The fourth-order valence-corrected chi connectivity index (χ4v) is 7.52. The maximum absolute atomic E-state index is 12.5. The van der Waals surface area contributed by atoms with Gasteiger partial charge in [0.15, 0.2) is 0 Å². The molecule has 6 aromatic carbocycles. The Kier molecular flexibility index (Phi) is 13.4. The lowest BCUT2D eigenvalue weighted by Gasteiger charge is -2.47. The van der Waals surface area contributed by atoms with Gasteiger partial charge < -0.3 is 28.8 Å². The topological polar surface area (TPSA) is 97.1 Å². The molecule has 6 atom stereocenters. The summed E-state index contributed by atoms with van der Waals surface area (Å²) in [6, 6.07) is 56.0. The second-order valence-corrected chi connectivity index (χ2v) is 14.8. The van der Waals surface area contributed by atoms with Crippen LogP contribution in [0.25, 0.3) is 16.9 Å². The van der Waals surface area contributed by atoms with Gasteiger partial charge in [-0.3, -0.25) is 0 Å². The van der Waals surface area contributed by atoms with Crippen molar-refractivity contribution >= 4 is 0 Å². The van der Waals surface area contributed by atoms with Crippen LogP contribution in [0.15, 0.2) is 176 Å². The predicted octanol–water partition coefficient (Wildman–Crippen LogP) is 9.02. The Balaban J connectivity index is 1.13. The molecule has 9 nitrogen and oxygen atoms in total. The van der Waals surface area contributed by atoms with Gasteiger partial charge in [0.1, 0.15) is 42.3 Å². The molecule has 9 heteroatoms. The van der Waals surface area contributed by atoms with Crippen LogP contribution >= 0.6 is 0 Å². The van der Waals surface area contributed by atoms with Crippen LogP contribution in [0.3, 0.4) is 0 Å². The minimum Gasteiger partial charge on any atom is -0.386 e. The average molecular weight is 788 g/mol. The Labute approximate surface area is 345 Å². The number of hydrogen-bond acceptors (Lipinski definition) is 8. The van der Waals surface area contributed by atoms with Crippen molar-refractivity contribution in [1.29, 1.82) is 0 Å². The summed E-state index contributed by atoms with van der Waals surface area (Å²) in [5, 5.41) is 21.4. The molecule has 2 heterocycles. The number of aliphatic hydroxyl groups excluding tert-OH is 1. The third-order valence-electron chi connectivity index (χ3n) is 10.6. The third kappa shape index (κ3) is 10.3. The summed E-state index contributed by atoms with van der Waals surface area (Å²) >= 11 is 0. The Morgan fingerprint density at radius 2 is 1.08 bits per heavy atom. The van der Waals surface area contributed by atoms with E-state index in [0.717, 1.165) is 44.8 Å². The van der Waals surface area contributed by atoms with Crippen LogP contribution in [-0.4, -0.2) is 57.2 Å². The van der Waals surface area contributed by atoms with Crippen molar-refractivity contribution in [1.82, 2.24) is 15.0 Å². The molecule has 0 spiro atoms. The van der Waals surface area contributed by atoms with E-state index in [1.165, 1.54) is 0 Å². The Hall–Kier alpha value is -5.78. The molecule has 8 rings (SSSR count). The zero-order chi connectivity index (χ0) is 40.2. The Bertz CT molecular complexity index is 2310. The highest BCUT2D eigenvalue weighted by Gasteiger charge is 2.51. The van der Waals surface area contributed by atoms with Gasteiger partial charge in [0, 0.05) is 5.56 Å². The smallest absolute Gasteiger partial charge is 0.117 e. The quantitative estimate of drug-likeness (QED) is 0.0978. The zero-order valence-electron chi connectivity index (χ0n) is 33.1. The summed E-state index contributed by atoms with van der Waals surface area (Å²) in [4.78, 5) is 0. The van der Waals surface area contributed by atoms with E-state index in [1.807, 2.05) is 183 Å². The van der Waals surface area contributed by atoms with Crippen molar-refractivity contribution in [2.24, 2.45) is 0 Å². The number of aromatic nitrogens is 3. The molecule has 3 unspecified atom stereocenters. The monoisotopic (exact) mass is 787 g/mol. The van der Waals surface area contributed by atoms with E-state index in [-0.39, 0.29) is 13.2 Å². The van der Waals surface area contributed by atoms with Gasteiger partial charge in [-0.25, -0.2) is 4.68 Å². The van der Waals surface area contributed by atoms with Crippen molar-refractivity contribution in [2.75, 3.05) is 6.61 Å². The molecular weight excluding hydrogens is 739 g/mol. The van der Waals surface area contributed by atoms with Crippen molar-refractivity contribution in [2.45, 2.75) is 70.0 Å². The van der Waals surface area contributed by atoms with Gasteiger partial charge in [0.05, 0.1) is 44.9 Å². The first kappa shape index (κ1) is 40.0. The summed E-state index contributed by atoms with van der Waals surface area (Å²) < 4.78 is 35.7. The highest BCUT2D eigenvalue weighted by atomic mass is 16.6.